The van der Waals surface area contributed by atoms with Gasteiger partial charge in [0.25, 0.3) is 0 Å². The molecule has 1 unspecified atom stereocenters. The van der Waals surface area contributed by atoms with Gasteiger partial charge in [-0.3, -0.25) is 0 Å². The zero-order valence-corrected chi connectivity index (χ0v) is 18.9. The summed E-state index contributed by atoms with van der Waals surface area (Å²) >= 11 is 1.73. The highest BCUT2D eigenvalue weighted by molar-refractivity contribution is 8.03. The van der Waals surface area contributed by atoms with Gasteiger partial charge in [0.05, 0.1) is 17.6 Å². The summed E-state index contributed by atoms with van der Waals surface area (Å²) in [6.07, 6.45) is 7.61. The van der Waals surface area contributed by atoms with E-state index in [-0.39, 0.29) is 18.3 Å². The van der Waals surface area contributed by atoms with Crippen LogP contribution in [0.3, 0.4) is 0 Å². The molecule has 0 saturated carbocycles. The smallest absolute Gasteiger partial charge is 0.335 e. The summed E-state index contributed by atoms with van der Waals surface area (Å²) in [6, 6.07) is 13.7. The molecule has 0 amide bonds. The quantitative estimate of drug-likeness (QED) is 0.737. The molecule has 1 heterocycles. The Morgan fingerprint density at radius 2 is 1.77 bits per heavy atom. The normalized spacial score (nSPS) is 16.5. The standard InChI is InChI=1S/C24H22N2O2S.ClH/c1-25(2)15-9-11-19-21(13-15)29-22-14-16(26(3)4)10-12-20(22)23(19)17-7-5-6-8-18(17)24(27)28;/h5-11,13-14,23H,1-4H3;1H. The van der Waals surface area contributed by atoms with E-state index in [4.69, 9.17) is 0 Å². The predicted octanol–water partition coefficient (Wildman–Crippen LogP) is 1.76. The molecule has 154 valence electrons. The third kappa shape index (κ3) is 3.84. The number of allylic oxidation sites excluding steroid dienone is 4. The van der Waals surface area contributed by atoms with Gasteiger partial charge in [-0.15, -0.1) is 0 Å². The average Bonchev–Trinajstić information content (AvgIpc) is 2.70. The maximum atomic E-state index is 11.9. The Kier molecular flexibility index (Phi) is 6.27. The first-order valence-electron chi connectivity index (χ1n) is 9.41. The molecular formula is C24H23ClN2O2S. The second-order valence-electron chi connectivity index (χ2n) is 7.57. The van der Waals surface area contributed by atoms with Gasteiger partial charge in [0, 0.05) is 44.8 Å². The first kappa shape index (κ1) is 22.0. The maximum absolute atomic E-state index is 11.9. The van der Waals surface area contributed by atoms with Gasteiger partial charge in [-0.1, -0.05) is 24.3 Å². The van der Waals surface area contributed by atoms with Crippen LogP contribution in [-0.4, -0.2) is 44.2 Å². The highest BCUT2D eigenvalue weighted by atomic mass is 35.5. The van der Waals surface area contributed by atoms with Gasteiger partial charge in [0.1, 0.15) is 22.3 Å². The summed E-state index contributed by atoms with van der Waals surface area (Å²) < 4.78 is 0. The highest BCUT2D eigenvalue weighted by Gasteiger charge is 2.38. The second kappa shape index (κ2) is 8.57. The third-order valence-corrected chi connectivity index (χ3v) is 6.40. The minimum atomic E-state index is -0.906. The van der Waals surface area contributed by atoms with E-state index in [0.717, 1.165) is 37.9 Å². The molecule has 1 atom stereocenters. The average molecular weight is 439 g/mol. The summed E-state index contributed by atoms with van der Waals surface area (Å²) in [4.78, 5) is 18.4. The van der Waals surface area contributed by atoms with Crippen LogP contribution in [0.4, 0.5) is 5.69 Å². The number of carboxylic acid groups (broad SMARTS) is 1. The van der Waals surface area contributed by atoms with Crippen LogP contribution in [0.15, 0.2) is 75.7 Å². The van der Waals surface area contributed by atoms with Crippen molar-refractivity contribution in [2.75, 3.05) is 33.1 Å². The number of likely N-dealkylation sites (N-methyl/N-ethyl adjacent to an activating group) is 1. The zero-order valence-electron chi connectivity index (χ0n) is 17.3. The SMILES string of the molecule is CN(C)C1=CC2=C([C+]=C1)C(c1ccccc1C(=O)O)c1ccc(N(C)C)cc1S2.[Cl-]. The molecule has 0 bridgehead atoms. The highest BCUT2D eigenvalue weighted by Crippen LogP contribution is 2.51. The Balaban J connectivity index is 0.00000256. The van der Waals surface area contributed by atoms with Crippen molar-refractivity contribution in [3.63, 3.8) is 0 Å². The van der Waals surface area contributed by atoms with Crippen molar-refractivity contribution in [2.24, 2.45) is 0 Å². The van der Waals surface area contributed by atoms with Gasteiger partial charge in [0.15, 0.2) is 0 Å². The lowest BCUT2D eigenvalue weighted by Crippen LogP contribution is -3.00. The molecule has 0 spiro atoms. The number of aromatic carboxylic acids is 1. The monoisotopic (exact) mass is 438 g/mol. The number of fused-ring (bicyclic) bond motifs is 1. The molecule has 30 heavy (non-hydrogen) atoms. The summed E-state index contributed by atoms with van der Waals surface area (Å²) in [5, 5.41) is 9.80. The number of benzene rings is 2. The molecule has 2 aromatic carbocycles. The largest absolute Gasteiger partial charge is 1.00 e. The Labute approximate surface area is 188 Å². The molecule has 2 aromatic rings. The summed E-state index contributed by atoms with van der Waals surface area (Å²) in [5.74, 6) is -1.07. The number of carboxylic acids is 1. The Morgan fingerprint density at radius 1 is 1.03 bits per heavy atom. The number of nitrogens with zero attached hydrogens (tertiary/aromatic N) is 2. The van der Waals surface area contributed by atoms with E-state index in [2.05, 4.69) is 40.2 Å². The van der Waals surface area contributed by atoms with Gasteiger partial charge in [-0.25, -0.2) is 4.79 Å². The van der Waals surface area contributed by atoms with E-state index >= 15 is 0 Å². The number of carbonyl (C=O) groups is 1. The van der Waals surface area contributed by atoms with Gasteiger partial charge in [0.2, 0.25) is 0 Å². The Bertz CT molecular complexity index is 1090. The first-order chi connectivity index (χ1) is 13.9. The number of halogens is 1. The summed E-state index contributed by atoms with van der Waals surface area (Å²) in [6.45, 7) is 0. The van der Waals surface area contributed by atoms with Crippen molar-refractivity contribution in [1.29, 1.82) is 0 Å². The van der Waals surface area contributed by atoms with Crippen molar-refractivity contribution in [3.05, 3.63) is 93.6 Å². The number of thioether (sulfide) groups is 1. The van der Waals surface area contributed by atoms with Gasteiger partial charge in [-0.05, 0) is 41.1 Å². The van der Waals surface area contributed by atoms with Crippen LogP contribution in [0.2, 0.25) is 0 Å². The predicted molar refractivity (Wildman–Crippen MR) is 118 cm³/mol. The van der Waals surface area contributed by atoms with E-state index < -0.39 is 5.97 Å². The fourth-order valence-corrected chi connectivity index (χ4v) is 4.90. The lowest BCUT2D eigenvalue weighted by Gasteiger charge is -2.27. The van der Waals surface area contributed by atoms with Gasteiger partial charge < -0.3 is 27.3 Å². The zero-order chi connectivity index (χ0) is 20.7. The van der Waals surface area contributed by atoms with Crippen molar-refractivity contribution >= 4 is 23.4 Å². The van der Waals surface area contributed by atoms with Crippen molar-refractivity contribution in [1.82, 2.24) is 4.90 Å². The number of hydrogen-bond donors (Lipinski definition) is 1. The van der Waals surface area contributed by atoms with Crippen molar-refractivity contribution < 1.29 is 22.3 Å². The molecule has 1 aliphatic heterocycles. The summed E-state index contributed by atoms with van der Waals surface area (Å²) in [7, 11) is 8.08. The maximum Gasteiger partial charge on any atom is 0.335 e. The van der Waals surface area contributed by atoms with E-state index in [1.165, 1.54) is 0 Å². The van der Waals surface area contributed by atoms with Crippen LogP contribution in [0.5, 0.6) is 0 Å². The van der Waals surface area contributed by atoms with Gasteiger partial charge >= 0.3 is 5.97 Å². The third-order valence-electron chi connectivity index (χ3n) is 5.27. The topological polar surface area (TPSA) is 43.8 Å². The molecule has 4 nitrogen and oxygen atoms in total. The molecule has 4 rings (SSSR count). The minimum absolute atomic E-state index is 0. The molecule has 0 radical (unpaired) electrons. The van der Waals surface area contributed by atoms with E-state index in [0.29, 0.717) is 5.56 Å². The van der Waals surface area contributed by atoms with E-state index in [9.17, 15) is 9.90 Å². The summed E-state index contributed by atoms with van der Waals surface area (Å²) in [5.41, 5.74) is 5.49. The lowest BCUT2D eigenvalue weighted by atomic mass is 9.80. The number of rotatable bonds is 4. The lowest BCUT2D eigenvalue weighted by molar-refractivity contribution is -0.0000214. The van der Waals surface area contributed by atoms with E-state index in [1.807, 2.05) is 46.4 Å². The number of anilines is 1. The second-order valence-corrected chi connectivity index (χ2v) is 8.66. The van der Waals surface area contributed by atoms with Crippen LogP contribution in [0, 0.1) is 6.08 Å². The molecule has 1 aliphatic carbocycles. The first-order valence-corrected chi connectivity index (χ1v) is 10.2. The molecule has 6 heteroatoms. The van der Waals surface area contributed by atoms with Crippen molar-refractivity contribution in [3.8, 4) is 0 Å². The fourth-order valence-electron chi connectivity index (χ4n) is 3.71. The minimum Gasteiger partial charge on any atom is -1.00 e. The van der Waals surface area contributed by atoms with Crippen LogP contribution in [-0.2, 0) is 0 Å². The molecule has 0 fully saturated rings. The molecule has 0 saturated heterocycles. The van der Waals surface area contributed by atoms with Gasteiger partial charge in [-0.2, -0.15) is 0 Å². The molecule has 1 N–H and O–H groups in total. The number of hydrogen-bond acceptors (Lipinski definition) is 4. The fraction of sp³-hybridized carbons (Fsp3) is 0.208. The van der Waals surface area contributed by atoms with Crippen LogP contribution >= 0.6 is 11.8 Å². The Morgan fingerprint density at radius 3 is 2.43 bits per heavy atom. The molecule has 2 aliphatic rings. The van der Waals surface area contributed by atoms with Crippen molar-refractivity contribution in [2.45, 2.75) is 10.8 Å². The Hall–Kier alpha value is -2.72. The van der Waals surface area contributed by atoms with Crippen LogP contribution in [0.25, 0.3) is 0 Å². The molecular weight excluding hydrogens is 416 g/mol. The van der Waals surface area contributed by atoms with Crippen LogP contribution in [0.1, 0.15) is 27.4 Å². The molecule has 0 aromatic heterocycles. The van der Waals surface area contributed by atoms with E-state index in [1.54, 1.807) is 23.9 Å². The van der Waals surface area contributed by atoms with Crippen LogP contribution < -0.4 is 17.3 Å².